The van der Waals surface area contributed by atoms with Gasteiger partial charge in [-0.05, 0) is 29.8 Å². The first kappa shape index (κ1) is 10.8. The SMILES string of the molecule is CNC(C=O)Cc1ccc2ccccc2c1. The van der Waals surface area contributed by atoms with Gasteiger partial charge in [0.05, 0.1) is 6.04 Å². The van der Waals surface area contributed by atoms with Crippen LogP contribution in [0.15, 0.2) is 42.5 Å². The molecule has 2 aromatic carbocycles. The van der Waals surface area contributed by atoms with E-state index in [4.69, 9.17) is 0 Å². The van der Waals surface area contributed by atoms with Crippen LogP contribution >= 0.6 is 0 Å². The van der Waals surface area contributed by atoms with Crippen molar-refractivity contribution in [2.24, 2.45) is 0 Å². The molecule has 0 aliphatic rings. The summed E-state index contributed by atoms with van der Waals surface area (Å²) in [6, 6.07) is 14.5. The molecule has 82 valence electrons. The first-order chi connectivity index (χ1) is 7.83. The van der Waals surface area contributed by atoms with Gasteiger partial charge in [-0.25, -0.2) is 0 Å². The molecule has 0 saturated carbocycles. The minimum absolute atomic E-state index is 0.0961. The topological polar surface area (TPSA) is 29.1 Å². The highest BCUT2D eigenvalue weighted by Crippen LogP contribution is 2.16. The van der Waals surface area contributed by atoms with Crippen LogP contribution in [0.1, 0.15) is 5.56 Å². The van der Waals surface area contributed by atoms with Crippen LogP contribution in [0.4, 0.5) is 0 Å². The van der Waals surface area contributed by atoms with Gasteiger partial charge in [0, 0.05) is 0 Å². The number of carbonyl (C=O) groups is 1. The zero-order chi connectivity index (χ0) is 11.4. The van der Waals surface area contributed by atoms with Crippen LogP contribution in [0.25, 0.3) is 10.8 Å². The molecule has 1 unspecified atom stereocenters. The van der Waals surface area contributed by atoms with Gasteiger partial charge < -0.3 is 10.1 Å². The van der Waals surface area contributed by atoms with Gasteiger partial charge in [-0.2, -0.15) is 0 Å². The van der Waals surface area contributed by atoms with E-state index in [1.807, 2.05) is 12.1 Å². The van der Waals surface area contributed by atoms with Crippen LogP contribution in [0.3, 0.4) is 0 Å². The second-order valence-electron chi connectivity index (χ2n) is 3.92. The van der Waals surface area contributed by atoms with Crippen molar-refractivity contribution in [3.05, 3.63) is 48.0 Å². The quantitative estimate of drug-likeness (QED) is 0.789. The van der Waals surface area contributed by atoms with Crippen LogP contribution in [-0.2, 0) is 11.2 Å². The first-order valence-corrected chi connectivity index (χ1v) is 5.43. The van der Waals surface area contributed by atoms with E-state index in [9.17, 15) is 4.79 Å². The molecular weight excluding hydrogens is 198 g/mol. The molecule has 2 rings (SSSR count). The van der Waals surface area contributed by atoms with E-state index in [1.54, 1.807) is 7.05 Å². The number of fused-ring (bicyclic) bond motifs is 1. The van der Waals surface area contributed by atoms with Crippen molar-refractivity contribution in [3.63, 3.8) is 0 Å². The summed E-state index contributed by atoms with van der Waals surface area (Å²) in [4.78, 5) is 10.7. The number of benzene rings is 2. The summed E-state index contributed by atoms with van der Waals surface area (Å²) in [6.07, 6.45) is 1.69. The number of aldehydes is 1. The zero-order valence-corrected chi connectivity index (χ0v) is 9.31. The lowest BCUT2D eigenvalue weighted by Crippen LogP contribution is -2.28. The van der Waals surface area contributed by atoms with Gasteiger partial charge in [-0.3, -0.25) is 0 Å². The Morgan fingerprint density at radius 1 is 1.19 bits per heavy atom. The number of carbonyl (C=O) groups excluding carboxylic acids is 1. The average Bonchev–Trinajstić information content (AvgIpc) is 2.35. The van der Waals surface area contributed by atoms with E-state index < -0.39 is 0 Å². The van der Waals surface area contributed by atoms with E-state index in [1.165, 1.54) is 16.3 Å². The third-order valence-corrected chi connectivity index (χ3v) is 2.80. The van der Waals surface area contributed by atoms with Gasteiger partial charge in [0.15, 0.2) is 0 Å². The van der Waals surface area contributed by atoms with Crippen LogP contribution in [0, 0.1) is 0 Å². The molecule has 16 heavy (non-hydrogen) atoms. The number of hydrogen-bond acceptors (Lipinski definition) is 2. The van der Waals surface area contributed by atoms with Gasteiger partial charge in [0.2, 0.25) is 0 Å². The summed E-state index contributed by atoms with van der Waals surface area (Å²) in [5.41, 5.74) is 1.19. The van der Waals surface area contributed by atoms with Crippen molar-refractivity contribution in [1.29, 1.82) is 0 Å². The Bertz CT molecular complexity index is 493. The van der Waals surface area contributed by atoms with E-state index >= 15 is 0 Å². The molecule has 0 radical (unpaired) electrons. The lowest BCUT2D eigenvalue weighted by Gasteiger charge is -2.09. The zero-order valence-electron chi connectivity index (χ0n) is 9.31. The fourth-order valence-electron chi connectivity index (χ4n) is 1.84. The number of hydrogen-bond donors (Lipinski definition) is 1. The summed E-state index contributed by atoms with van der Waals surface area (Å²) in [5.74, 6) is 0. The molecule has 2 heteroatoms. The Morgan fingerprint density at radius 3 is 2.62 bits per heavy atom. The fraction of sp³-hybridized carbons (Fsp3) is 0.214. The molecule has 1 N–H and O–H groups in total. The monoisotopic (exact) mass is 213 g/mol. The minimum atomic E-state index is -0.0961. The Morgan fingerprint density at radius 2 is 1.94 bits per heavy atom. The van der Waals surface area contributed by atoms with E-state index in [0.29, 0.717) is 0 Å². The molecule has 2 nitrogen and oxygen atoms in total. The summed E-state index contributed by atoms with van der Waals surface area (Å²) < 4.78 is 0. The standard InChI is InChI=1S/C14H15NO/c1-15-14(10-16)9-11-6-7-12-4-2-3-5-13(12)8-11/h2-8,10,14-15H,9H2,1H3. The summed E-state index contributed by atoms with van der Waals surface area (Å²) in [5, 5.41) is 5.44. The summed E-state index contributed by atoms with van der Waals surface area (Å²) in [7, 11) is 1.81. The predicted molar refractivity (Wildman–Crippen MR) is 66.6 cm³/mol. The smallest absolute Gasteiger partial charge is 0.137 e. The second-order valence-corrected chi connectivity index (χ2v) is 3.92. The normalized spacial score (nSPS) is 12.6. The van der Waals surface area contributed by atoms with Crippen LogP contribution in [0.2, 0.25) is 0 Å². The van der Waals surface area contributed by atoms with Crippen LogP contribution in [-0.4, -0.2) is 19.4 Å². The Labute approximate surface area is 95.3 Å². The molecule has 0 bridgehead atoms. The Kier molecular flexibility index (Phi) is 3.32. The van der Waals surface area contributed by atoms with Gasteiger partial charge in [-0.15, -0.1) is 0 Å². The van der Waals surface area contributed by atoms with Crippen molar-refractivity contribution in [1.82, 2.24) is 5.32 Å². The maximum absolute atomic E-state index is 10.7. The van der Waals surface area contributed by atoms with Crippen LogP contribution < -0.4 is 5.32 Å². The molecule has 0 aliphatic heterocycles. The average molecular weight is 213 g/mol. The number of nitrogens with one attached hydrogen (secondary N) is 1. The van der Waals surface area contributed by atoms with Gasteiger partial charge in [-0.1, -0.05) is 42.5 Å². The van der Waals surface area contributed by atoms with Crippen molar-refractivity contribution < 1.29 is 4.79 Å². The maximum Gasteiger partial charge on any atom is 0.137 e. The highest BCUT2D eigenvalue weighted by atomic mass is 16.1. The molecule has 0 heterocycles. The lowest BCUT2D eigenvalue weighted by atomic mass is 10.0. The predicted octanol–water partition coefficient (Wildman–Crippen LogP) is 2.17. The molecule has 0 fully saturated rings. The highest BCUT2D eigenvalue weighted by molar-refractivity contribution is 5.83. The molecular formula is C14H15NO. The van der Waals surface area contributed by atoms with Crippen LogP contribution in [0.5, 0.6) is 0 Å². The Hall–Kier alpha value is -1.67. The van der Waals surface area contributed by atoms with Gasteiger partial charge in [0.1, 0.15) is 6.29 Å². The van der Waals surface area contributed by atoms with E-state index in [2.05, 4.69) is 35.6 Å². The third-order valence-electron chi connectivity index (χ3n) is 2.80. The lowest BCUT2D eigenvalue weighted by molar-refractivity contribution is -0.109. The number of rotatable bonds is 4. The largest absolute Gasteiger partial charge is 0.311 e. The van der Waals surface area contributed by atoms with Crippen molar-refractivity contribution in [3.8, 4) is 0 Å². The minimum Gasteiger partial charge on any atom is -0.311 e. The van der Waals surface area contributed by atoms with Crippen molar-refractivity contribution in [2.45, 2.75) is 12.5 Å². The molecule has 0 aromatic heterocycles. The molecule has 0 amide bonds. The van der Waals surface area contributed by atoms with Gasteiger partial charge in [0.25, 0.3) is 0 Å². The molecule has 0 aliphatic carbocycles. The number of likely N-dealkylation sites (N-methyl/N-ethyl adjacent to an activating group) is 1. The molecule has 1 atom stereocenters. The summed E-state index contributed by atoms with van der Waals surface area (Å²) >= 11 is 0. The molecule has 0 saturated heterocycles. The highest BCUT2D eigenvalue weighted by Gasteiger charge is 2.05. The molecule has 0 spiro atoms. The van der Waals surface area contributed by atoms with E-state index in [-0.39, 0.29) is 6.04 Å². The fourth-order valence-corrected chi connectivity index (χ4v) is 1.84. The Balaban J connectivity index is 2.28. The maximum atomic E-state index is 10.7. The summed E-state index contributed by atoms with van der Waals surface area (Å²) in [6.45, 7) is 0. The van der Waals surface area contributed by atoms with Crippen molar-refractivity contribution in [2.75, 3.05) is 7.05 Å². The van der Waals surface area contributed by atoms with Gasteiger partial charge >= 0.3 is 0 Å². The third kappa shape index (κ3) is 2.28. The first-order valence-electron chi connectivity index (χ1n) is 5.43. The second kappa shape index (κ2) is 4.90. The molecule has 2 aromatic rings. The van der Waals surface area contributed by atoms with Crippen molar-refractivity contribution >= 4 is 17.1 Å². The van der Waals surface area contributed by atoms with E-state index in [0.717, 1.165) is 12.7 Å².